The minimum Gasteiger partial charge on any atom is -0.497 e. The molecule has 0 aliphatic carbocycles. The maximum Gasteiger partial charge on any atom is 0.176 e. The highest BCUT2D eigenvalue weighted by atomic mass is 35.5. The van der Waals surface area contributed by atoms with Gasteiger partial charge in [-0.15, -0.1) is 0 Å². The summed E-state index contributed by atoms with van der Waals surface area (Å²) in [4.78, 5) is 66.8. The van der Waals surface area contributed by atoms with Crippen LogP contribution in [0.5, 0.6) is 23.0 Å². The Morgan fingerprint density at radius 3 is 1.30 bits per heavy atom. The molecule has 0 fully saturated rings. The Bertz CT molecular complexity index is 5960. The summed E-state index contributed by atoms with van der Waals surface area (Å²) in [6, 6.07) is 59.3. The number of hydrogen-bond acceptors (Lipinski definition) is 10. The molecule has 0 unspecified atom stereocenters. The second-order valence-corrected chi connectivity index (χ2v) is 28.0. The number of nitrogens with two attached hydrogens (primary N) is 1. The summed E-state index contributed by atoms with van der Waals surface area (Å²) in [5.74, 6) is 2.59. The molecule has 15 rings (SSSR count). The lowest BCUT2D eigenvalue weighted by atomic mass is 9.94. The van der Waals surface area contributed by atoms with E-state index in [0.29, 0.717) is 74.5 Å². The number of nitrogens with one attached hydrogen (secondary N) is 5. The number of Topliss-reactive ketones (excluding diaryl/α,β-unsaturated/α-hetero) is 4. The first-order valence-corrected chi connectivity index (χ1v) is 38.1. The Hall–Kier alpha value is -12.3. The maximum atomic E-state index is 12.6. The second kappa shape index (κ2) is 34.7. The number of hydrogen-bond donors (Lipinski definition) is 7. The molecule has 0 saturated heterocycles. The van der Waals surface area contributed by atoms with E-state index < -0.39 is 0 Å². The van der Waals surface area contributed by atoms with Crippen molar-refractivity contribution in [1.82, 2.24) is 34.1 Å². The third-order valence-corrected chi connectivity index (χ3v) is 21.2. The third-order valence-electron chi connectivity index (χ3n) is 20.6. The number of aromatic nitrogens is 7. The van der Waals surface area contributed by atoms with E-state index in [1.165, 1.54) is 23.4 Å². The predicted molar refractivity (Wildman–Crippen MR) is 456 cm³/mol. The third kappa shape index (κ3) is 15.5. The highest BCUT2D eigenvalue weighted by Crippen LogP contribution is 2.48. The van der Waals surface area contributed by atoms with Gasteiger partial charge in [0.25, 0.3) is 0 Å². The van der Waals surface area contributed by atoms with Crippen LogP contribution in [0.15, 0.2) is 201 Å². The van der Waals surface area contributed by atoms with Crippen LogP contribution in [0.4, 0.5) is 5.69 Å². The number of ketones is 4. The molecule has 19 heteroatoms. The number of nitrogens with zero attached hydrogens (tertiary/aromatic N) is 2. The van der Waals surface area contributed by atoms with Gasteiger partial charge in [-0.1, -0.05) is 136 Å². The number of benzene rings is 8. The van der Waals surface area contributed by atoms with Crippen molar-refractivity contribution < 1.29 is 43.2 Å². The zero-order valence-corrected chi connectivity index (χ0v) is 66.7. The normalized spacial score (nSPS) is 11.1. The molecular weight excluding hydrogens is 1440 g/mol. The average molecular weight is 1540 g/mol. The number of anilines is 1. The maximum absolute atomic E-state index is 12.6. The van der Waals surface area contributed by atoms with Gasteiger partial charge in [-0.2, -0.15) is 0 Å². The molecular formula is C93H92Cl2N8O9. The summed E-state index contributed by atoms with van der Waals surface area (Å²) in [5.41, 5.74) is 31.7. The monoisotopic (exact) mass is 1530 g/mol. The smallest absolute Gasteiger partial charge is 0.176 e. The zero-order valence-electron chi connectivity index (χ0n) is 65.2. The Kier molecular flexibility index (Phi) is 24.6. The first-order chi connectivity index (χ1) is 54.2. The topological polar surface area (TPSA) is 240 Å². The van der Waals surface area contributed by atoms with Gasteiger partial charge in [0.2, 0.25) is 0 Å². The van der Waals surface area contributed by atoms with Crippen molar-refractivity contribution in [2.24, 2.45) is 7.05 Å². The van der Waals surface area contributed by atoms with Crippen molar-refractivity contribution in [2.75, 3.05) is 40.8 Å². The molecule has 8 aromatic carbocycles. The van der Waals surface area contributed by atoms with Gasteiger partial charge in [-0.25, -0.2) is 0 Å². The summed E-state index contributed by atoms with van der Waals surface area (Å²) in [5, 5.41) is 13.8. The lowest BCUT2D eigenvalue weighted by Gasteiger charge is -2.14. The van der Waals surface area contributed by atoms with E-state index in [2.05, 4.69) is 124 Å². The fraction of sp³-hybridized carbons (Fsp3) is 0.204. The van der Waals surface area contributed by atoms with Gasteiger partial charge in [0.15, 0.2) is 23.1 Å². The van der Waals surface area contributed by atoms with Crippen molar-refractivity contribution in [1.29, 1.82) is 0 Å². The number of aryl methyl sites for hydroxylation is 1. The minimum absolute atomic E-state index is 0.0269. The number of halogens is 2. The van der Waals surface area contributed by atoms with Gasteiger partial charge in [0, 0.05) is 148 Å². The zero-order chi connectivity index (χ0) is 79.8. The van der Waals surface area contributed by atoms with Crippen LogP contribution in [0.1, 0.15) is 120 Å². The number of aliphatic hydroxyl groups is 1. The average Bonchev–Trinajstić information content (AvgIpc) is 1.64. The van der Waals surface area contributed by atoms with Gasteiger partial charge < -0.3 is 63.8 Å². The molecule has 0 amide bonds. The highest BCUT2D eigenvalue weighted by Gasteiger charge is 2.30. The number of H-pyrrole nitrogens is 5. The van der Waals surface area contributed by atoms with E-state index in [-0.39, 0.29) is 29.7 Å². The first kappa shape index (κ1) is 79.3. The molecule has 572 valence electrons. The van der Waals surface area contributed by atoms with E-state index in [4.69, 9.17) is 47.9 Å². The van der Waals surface area contributed by atoms with E-state index in [1.807, 2.05) is 133 Å². The van der Waals surface area contributed by atoms with Crippen LogP contribution in [0.3, 0.4) is 0 Å². The number of aromatic amines is 5. The van der Waals surface area contributed by atoms with Crippen LogP contribution in [-0.4, -0.2) is 97.3 Å². The van der Waals surface area contributed by atoms with Crippen LogP contribution in [0.2, 0.25) is 10.0 Å². The van der Waals surface area contributed by atoms with Crippen LogP contribution in [0, 0.1) is 0 Å². The minimum atomic E-state index is -0.0818. The van der Waals surface area contributed by atoms with E-state index in [1.54, 1.807) is 61.3 Å². The first-order valence-electron chi connectivity index (χ1n) is 37.3. The molecule has 0 atom stereocenters. The van der Waals surface area contributed by atoms with E-state index in [0.717, 1.165) is 147 Å². The fourth-order valence-corrected chi connectivity index (χ4v) is 15.9. The van der Waals surface area contributed by atoms with Crippen molar-refractivity contribution in [2.45, 2.75) is 87.6 Å². The highest BCUT2D eigenvalue weighted by molar-refractivity contribution is 6.34. The van der Waals surface area contributed by atoms with Crippen LogP contribution in [-0.2, 0) is 39.3 Å². The number of rotatable bonds is 22. The van der Waals surface area contributed by atoms with Crippen LogP contribution >= 0.6 is 23.2 Å². The summed E-state index contributed by atoms with van der Waals surface area (Å²) < 4.78 is 25.9. The summed E-state index contributed by atoms with van der Waals surface area (Å²) in [7, 11) is 8.46. The molecule has 8 N–H and O–H groups in total. The molecule has 0 aliphatic rings. The van der Waals surface area contributed by atoms with Gasteiger partial charge >= 0.3 is 0 Å². The second-order valence-electron chi connectivity index (χ2n) is 27.2. The number of fused-ring (bicyclic) bond motifs is 3. The summed E-state index contributed by atoms with van der Waals surface area (Å²) in [6.07, 6.45) is 9.07. The largest absolute Gasteiger partial charge is 0.497 e. The predicted octanol–water partition coefficient (Wildman–Crippen LogP) is 22.3. The standard InChI is InChI=1S/C25H25ClN2O3.C23H24ClNO4.C23H22N2O.C22H21N3O/c1-4-17-23(20-9-8-16(31-3)14-21(20)26)24(15(2)30)27-25(17)19-6-5-7-22-18(19)10-11-28(22)12-13-29;1-6-15-20(16-11-10-14(27-3)12-17(16)24)22(13(2)26)25-23(15)21-18(28-4)8-7-9-19(21)29-5;1-4-17-21(16-9-6-5-7-10-16)22(15(2)26)24-23(17)19-11-8-12-20-18(19)13-14-25(20)3;1-3-16-20(14-7-9-15(23)10-8-14)21(13(2)26)25-22(16)18-5-4-6-19-17(18)11-12-24-19/h5-11,14,27,29H,4,12-13H2,1-3H3;7-12,25H,6H2,1-5H3;5-14,24H,4H2,1-3H3;4-12,24-25H,3,23H2,1-2H3. The molecule has 7 heterocycles. The molecule has 112 heavy (non-hydrogen) atoms. The number of ether oxygens (including phenoxy) is 4. The van der Waals surface area contributed by atoms with Crippen LogP contribution in [0.25, 0.3) is 122 Å². The molecule has 17 nitrogen and oxygen atoms in total. The molecule has 0 radical (unpaired) electrons. The van der Waals surface area contributed by atoms with Gasteiger partial charge in [-0.3, -0.25) is 19.2 Å². The molecule has 0 spiro atoms. The number of carbonyl (C=O) groups excluding carboxylic acids is 4. The number of aliphatic hydroxyl groups excluding tert-OH is 1. The van der Waals surface area contributed by atoms with E-state index >= 15 is 0 Å². The Morgan fingerprint density at radius 2 is 0.839 bits per heavy atom. The number of nitrogen functional groups attached to an aromatic ring is 1. The SMILES string of the molecule is CCc1c(-c2c(OC)cccc2OC)[nH]c(C(C)=O)c1-c1ccc(OC)cc1Cl.CCc1c(-c2cccc3[nH]ccc23)[nH]c(C(C)=O)c1-c1ccc(N)cc1.CCc1c(-c2cccc3c2ccn3C)[nH]c(C(C)=O)c1-c1ccccc1.CCc1c(-c2cccc3c2ccn3CCO)[nH]c(C(C)=O)c1-c1ccc(OC)cc1Cl. The molecule has 0 aliphatic heterocycles. The van der Waals surface area contributed by atoms with Gasteiger partial charge in [0.1, 0.15) is 23.0 Å². The molecule has 7 aromatic heterocycles. The van der Waals surface area contributed by atoms with Crippen molar-refractivity contribution in [3.63, 3.8) is 0 Å². The quantitative estimate of drug-likeness (QED) is 0.0250. The van der Waals surface area contributed by atoms with Crippen molar-refractivity contribution in [3.8, 4) is 113 Å². The molecule has 15 aromatic rings. The van der Waals surface area contributed by atoms with E-state index in [9.17, 15) is 24.3 Å². The number of methoxy groups -OCH3 is 4. The lowest BCUT2D eigenvalue weighted by molar-refractivity contribution is 0.100. The lowest BCUT2D eigenvalue weighted by Crippen LogP contribution is -1.99. The summed E-state index contributed by atoms with van der Waals surface area (Å²) in [6.45, 7) is 15.3. The van der Waals surface area contributed by atoms with Crippen molar-refractivity contribution in [3.05, 3.63) is 256 Å². The Balaban J connectivity index is 0.000000139. The molecule has 0 bridgehead atoms. The Labute approximate surface area is 661 Å². The fourth-order valence-electron chi connectivity index (χ4n) is 15.3. The summed E-state index contributed by atoms with van der Waals surface area (Å²) >= 11 is 13.2. The molecule has 0 saturated carbocycles. The van der Waals surface area contributed by atoms with Crippen LogP contribution < -0.4 is 24.7 Å². The van der Waals surface area contributed by atoms with Gasteiger partial charge in [-0.05, 0) is 156 Å². The number of carbonyl (C=O) groups is 4. The van der Waals surface area contributed by atoms with Crippen molar-refractivity contribution >= 4 is 84.7 Å². The van der Waals surface area contributed by atoms with Gasteiger partial charge in [0.05, 0.1) is 96.2 Å². The Morgan fingerprint density at radius 1 is 0.420 bits per heavy atom.